The van der Waals surface area contributed by atoms with Crippen LogP contribution in [0.15, 0.2) is 18.2 Å². The highest BCUT2D eigenvalue weighted by Gasteiger charge is 2.14. The molecule has 0 aliphatic heterocycles. The van der Waals surface area contributed by atoms with Crippen molar-refractivity contribution in [1.29, 1.82) is 0 Å². The summed E-state index contributed by atoms with van der Waals surface area (Å²) < 4.78 is 4.67. The van der Waals surface area contributed by atoms with Crippen LogP contribution in [-0.4, -0.2) is 30.8 Å². The molecule has 92 valence electrons. The summed E-state index contributed by atoms with van der Waals surface area (Å²) in [5.74, 6) is -0.727. The van der Waals surface area contributed by atoms with Gasteiger partial charge in [-0.3, -0.25) is 10.1 Å². The van der Waals surface area contributed by atoms with Crippen molar-refractivity contribution in [2.24, 2.45) is 0 Å². The van der Waals surface area contributed by atoms with Gasteiger partial charge in [-0.15, -0.1) is 0 Å². The van der Waals surface area contributed by atoms with Crippen molar-refractivity contribution >= 4 is 17.7 Å². The van der Waals surface area contributed by atoms with E-state index >= 15 is 0 Å². The maximum absolute atomic E-state index is 11.4. The number of benzene rings is 1. The first kappa shape index (κ1) is 12.8. The summed E-state index contributed by atoms with van der Waals surface area (Å²) in [4.78, 5) is 22.6. The van der Waals surface area contributed by atoms with E-state index in [2.05, 4.69) is 15.4 Å². The number of ether oxygens (including phenoxy) is 1. The van der Waals surface area contributed by atoms with E-state index in [1.54, 1.807) is 13.0 Å². The van der Waals surface area contributed by atoms with Crippen LogP contribution in [0.5, 0.6) is 5.75 Å². The molecule has 0 saturated carbocycles. The lowest BCUT2D eigenvalue weighted by Gasteiger charge is -2.09. The average Bonchev–Trinajstić information content (AvgIpc) is 2.31. The first-order valence-corrected chi connectivity index (χ1v) is 5.08. The molecule has 0 unspecified atom stereocenters. The third kappa shape index (κ3) is 3.10. The van der Waals surface area contributed by atoms with E-state index in [0.717, 1.165) is 0 Å². The second-order valence-electron chi connectivity index (χ2n) is 3.13. The molecule has 0 aliphatic rings. The number of para-hydroxylation sites is 1. The zero-order valence-corrected chi connectivity index (χ0v) is 9.61. The maximum Gasteiger partial charge on any atom is 0.411 e. The number of amides is 2. The summed E-state index contributed by atoms with van der Waals surface area (Å²) in [5, 5.41) is 14.5. The van der Waals surface area contributed by atoms with Crippen LogP contribution in [0.2, 0.25) is 0 Å². The van der Waals surface area contributed by atoms with Gasteiger partial charge in [0.1, 0.15) is 0 Å². The lowest BCUT2D eigenvalue weighted by Crippen LogP contribution is -2.19. The molecule has 0 atom stereocenters. The summed E-state index contributed by atoms with van der Waals surface area (Å²) >= 11 is 0. The van der Waals surface area contributed by atoms with E-state index in [1.807, 2.05) is 0 Å². The molecule has 0 aromatic heterocycles. The molecule has 1 rings (SSSR count). The fourth-order valence-corrected chi connectivity index (χ4v) is 1.24. The van der Waals surface area contributed by atoms with Gasteiger partial charge < -0.3 is 15.2 Å². The molecular weight excluding hydrogens is 224 g/mol. The number of hydrogen-bond acceptors (Lipinski definition) is 4. The standard InChI is InChI=1S/C11H14N2O4/c1-3-17-11(16)13-8-6-4-5-7(9(8)14)10(15)12-2/h4-6,14H,3H2,1-2H3,(H,12,15)(H,13,16). The highest BCUT2D eigenvalue weighted by Crippen LogP contribution is 2.27. The predicted molar refractivity (Wildman–Crippen MR) is 62.1 cm³/mol. The zero-order chi connectivity index (χ0) is 12.8. The Balaban J connectivity index is 2.94. The molecule has 17 heavy (non-hydrogen) atoms. The molecule has 1 aromatic rings. The third-order valence-corrected chi connectivity index (χ3v) is 2.02. The number of aromatic hydroxyl groups is 1. The van der Waals surface area contributed by atoms with Gasteiger partial charge in [-0.2, -0.15) is 0 Å². The van der Waals surface area contributed by atoms with Crippen LogP contribution in [0.25, 0.3) is 0 Å². The quantitative estimate of drug-likeness (QED) is 0.693. The summed E-state index contributed by atoms with van der Waals surface area (Å²) in [6, 6.07) is 4.47. The summed E-state index contributed by atoms with van der Waals surface area (Å²) in [6.07, 6.45) is -0.683. The molecule has 0 aliphatic carbocycles. The van der Waals surface area contributed by atoms with Crippen molar-refractivity contribution in [3.8, 4) is 5.75 Å². The Morgan fingerprint density at radius 2 is 2.12 bits per heavy atom. The molecule has 6 heteroatoms. The molecule has 0 spiro atoms. The van der Waals surface area contributed by atoms with Gasteiger partial charge in [-0.05, 0) is 19.1 Å². The van der Waals surface area contributed by atoms with Crippen molar-refractivity contribution in [2.45, 2.75) is 6.92 Å². The van der Waals surface area contributed by atoms with E-state index in [1.165, 1.54) is 19.2 Å². The minimum absolute atomic E-state index is 0.0850. The Bertz CT molecular complexity index is 431. The summed E-state index contributed by atoms with van der Waals surface area (Å²) in [7, 11) is 1.45. The van der Waals surface area contributed by atoms with E-state index in [9.17, 15) is 14.7 Å². The van der Waals surface area contributed by atoms with Gasteiger partial charge in [0.2, 0.25) is 0 Å². The van der Waals surface area contributed by atoms with Crippen LogP contribution in [0.1, 0.15) is 17.3 Å². The number of phenolic OH excluding ortho intramolecular Hbond substituents is 1. The van der Waals surface area contributed by atoms with E-state index < -0.39 is 12.0 Å². The highest BCUT2D eigenvalue weighted by molar-refractivity contribution is 6.00. The van der Waals surface area contributed by atoms with Crippen molar-refractivity contribution in [1.82, 2.24) is 5.32 Å². The highest BCUT2D eigenvalue weighted by atomic mass is 16.5. The molecule has 2 amide bonds. The Kier molecular flexibility index (Phi) is 4.33. The zero-order valence-electron chi connectivity index (χ0n) is 9.61. The minimum Gasteiger partial charge on any atom is -0.505 e. The Labute approximate surface area is 98.6 Å². The van der Waals surface area contributed by atoms with Crippen molar-refractivity contribution in [3.63, 3.8) is 0 Å². The number of hydrogen-bond donors (Lipinski definition) is 3. The molecule has 0 radical (unpaired) electrons. The second-order valence-corrected chi connectivity index (χ2v) is 3.13. The first-order chi connectivity index (χ1) is 8.10. The minimum atomic E-state index is -0.683. The van der Waals surface area contributed by atoms with Gasteiger partial charge in [0.05, 0.1) is 17.9 Å². The molecule has 3 N–H and O–H groups in total. The van der Waals surface area contributed by atoms with E-state index in [4.69, 9.17) is 0 Å². The SMILES string of the molecule is CCOC(=O)Nc1cccc(C(=O)NC)c1O. The lowest BCUT2D eigenvalue weighted by molar-refractivity contribution is 0.0960. The van der Waals surface area contributed by atoms with Crippen LogP contribution >= 0.6 is 0 Å². The molecule has 0 heterocycles. The largest absolute Gasteiger partial charge is 0.505 e. The van der Waals surface area contributed by atoms with Crippen LogP contribution < -0.4 is 10.6 Å². The van der Waals surface area contributed by atoms with Gasteiger partial charge in [-0.1, -0.05) is 6.07 Å². The smallest absolute Gasteiger partial charge is 0.411 e. The fourth-order valence-electron chi connectivity index (χ4n) is 1.24. The molecule has 6 nitrogen and oxygen atoms in total. The molecule has 0 bridgehead atoms. The normalized spacial score (nSPS) is 9.53. The fraction of sp³-hybridized carbons (Fsp3) is 0.273. The van der Waals surface area contributed by atoms with Crippen LogP contribution in [0.4, 0.5) is 10.5 Å². The van der Waals surface area contributed by atoms with Crippen molar-refractivity contribution in [2.75, 3.05) is 19.0 Å². The topological polar surface area (TPSA) is 87.7 Å². The summed E-state index contributed by atoms with van der Waals surface area (Å²) in [5.41, 5.74) is 0.214. The Morgan fingerprint density at radius 3 is 2.71 bits per heavy atom. The van der Waals surface area contributed by atoms with Gasteiger partial charge in [0.15, 0.2) is 5.75 Å². The van der Waals surface area contributed by atoms with Crippen LogP contribution in [0, 0.1) is 0 Å². The van der Waals surface area contributed by atoms with Crippen LogP contribution in [-0.2, 0) is 4.74 Å². The third-order valence-electron chi connectivity index (χ3n) is 2.02. The van der Waals surface area contributed by atoms with Gasteiger partial charge in [-0.25, -0.2) is 4.79 Å². The van der Waals surface area contributed by atoms with Crippen molar-refractivity contribution < 1.29 is 19.4 Å². The molecular formula is C11H14N2O4. The number of carbonyl (C=O) groups excluding carboxylic acids is 2. The predicted octanol–water partition coefficient (Wildman–Crippen LogP) is 1.32. The van der Waals surface area contributed by atoms with Gasteiger partial charge in [0, 0.05) is 7.05 Å². The Hall–Kier alpha value is -2.24. The van der Waals surface area contributed by atoms with Crippen molar-refractivity contribution in [3.05, 3.63) is 23.8 Å². The number of phenols is 1. The summed E-state index contributed by atoms with van der Waals surface area (Å²) in [6.45, 7) is 1.89. The average molecular weight is 238 g/mol. The van der Waals surface area contributed by atoms with Crippen LogP contribution in [0.3, 0.4) is 0 Å². The van der Waals surface area contributed by atoms with E-state index in [-0.39, 0.29) is 23.6 Å². The number of anilines is 1. The lowest BCUT2D eigenvalue weighted by atomic mass is 10.1. The van der Waals surface area contributed by atoms with E-state index in [0.29, 0.717) is 0 Å². The monoisotopic (exact) mass is 238 g/mol. The van der Waals surface area contributed by atoms with Gasteiger partial charge in [0.25, 0.3) is 5.91 Å². The number of nitrogens with one attached hydrogen (secondary N) is 2. The molecule has 0 fully saturated rings. The maximum atomic E-state index is 11.4. The first-order valence-electron chi connectivity index (χ1n) is 5.08. The number of carbonyl (C=O) groups is 2. The van der Waals surface area contributed by atoms with Gasteiger partial charge >= 0.3 is 6.09 Å². The molecule has 1 aromatic carbocycles. The number of rotatable bonds is 3. The molecule has 0 saturated heterocycles. The Morgan fingerprint density at radius 1 is 1.41 bits per heavy atom. The second kappa shape index (κ2) is 5.74.